The standard InChI is InChI=1S/C45H34N2O6/c1-47-38-15-10-33(11-16-38)22-31-2-4-32(5-3-31)23-37-14-20-43-41(24-37)45(29-48-43)30-49-44-21-19-40(25-42(44)45)53-51-28-36-12-17-39(18-13-36)52-50-27-35-8-6-34(26-46)7-9-35/h2-21,24-25H,22-23,27-30H2. The van der Waals surface area contributed by atoms with E-state index in [0.717, 1.165) is 46.6 Å². The summed E-state index contributed by atoms with van der Waals surface area (Å²) in [7, 11) is 0. The molecule has 0 saturated carbocycles. The third-order valence-corrected chi connectivity index (χ3v) is 9.65. The minimum absolute atomic E-state index is 0.234. The molecule has 6 aromatic rings. The average molecular weight is 699 g/mol. The van der Waals surface area contributed by atoms with E-state index in [9.17, 15) is 0 Å². The molecule has 0 radical (unpaired) electrons. The summed E-state index contributed by atoms with van der Waals surface area (Å²) in [6.45, 7) is 8.62. The largest absolute Gasteiger partial charge is 0.492 e. The summed E-state index contributed by atoms with van der Waals surface area (Å²) in [4.78, 5) is 25.6. The molecule has 8 rings (SSSR count). The Morgan fingerprint density at radius 2 is 1.04 bits per heavy atom. The van der Waals surface area contributed by atoms with E-state index in [4.69, 9.17) is 40.9 Å². The Balaban J connectivity index is 0.875. The van der Waals surface area contributed by atoms with Crippen LogP contribution in [0.25, 0.3) is 4.85 Å². The first-order valence-corrected chi connectivity index (χ1v) is 17.3. The van der Waals surface area contributed by atoms with Crippen molar-refractivity contribution < 1.29 is 29.0 Å². The average Bonchev–Trinajstić information content (AvgIpc) is 3.77. The maximum Gasteiger partial charge on any atom is 0.187 e. The molecule has 1 unspecified atom stereocenters. The molecule has 0 fully saturated rings. The van der Waals surface area contributed by atoms with Crippen LogP contribution in [0.15, 0.2) is 133 Å². The molecule has 0 N–H and O–H groups in total. The highest BCUT2D eigenvalue weighted by Gasteiger charge is 2.49. The Hall–Kier alpha value is -6.58. The molecule has 2 heterocycles. The first kappa shape index (κ1) is 33.6. The molecule has 0 amide bonds. The summed E-state index contributed by atoms with van der Waals surface area (Å²) in [5.41, 5.74) is 9.62. The first-order chi connectivity index (χ1) is 26.1. The van der Waals surface area contributed by atoms with Crippen LogP contribution >= 0.6 is 0 Å². The second-order valence-electron chi connectivity index (χ2n) is 13.2. The summed E-state index contributed by atoms with van der Waals surface area (Å²) in [6.07, 6.45) is 1.63. The number of hydrogen-bond donors (Lipinski definition) is 0. The van der Waals surface area contributed by atoms with Gasteiger partial charge in [-0.3, -0.25) is 0 Å². The summed E-state index contributed by atoms with van der Waals surface area (Å²) < 4.78 is 12.4. The molecule has 1 atom stereocenters. The van der Waals surface area contributed by atoms with Gasteiger partial charge < -0.3 is 19.2 Å². The van der Waals surface area contributed by atoms with Crippen LogP contribution in [0.3, 0.4) is 0 Å². The fourth-order valence-corrected chi connectivity index (χ4v) is 6.73. The lowest BCUT2D eigenvalue weighted by Crippen LogP contribution is -2.31. The molecule has 6 aromatic carbocycles. The number of rotatable bonds is 12. The van der Waals surface area contributed by atoms with Crippen molar-refractivity contribution in [1.82, 2.24) is 0 Å². The van der Waals surface area contributed by atoms with Gasteiger partial charge in [0, 0.05) is 11.1 Å². The fraction of sp³-hybridized carbons (Fsp3) is 0.156. The van der Waals surface area contributed by atoms with Crippen molar-refractivity contribution in [2.75, 3.05) is 13.2 Å². The van der Waals surface area contributed by atoms with Crippen LogP contribution in [0, 0.1) is 17.9 Å². The van der Waals surface area contributed by atoms with E-state index in [2.05, 4.69) is 53.4 Å². The van der Waals surface area contributed by atoms with E-state index < -0.39 is 5.41 Å². The van der Waals surface area contributed by atoms with Crippen LogP contribution in [0.1, 0.15) is 50.1 Å². The molecule has 8 heteroatoms. The van der Waals surface area contributed by atoms with E-state index in [-0.39, 0.29) is 13.2 Å². The predicted molar refractivity (Wildman–Crippen MR) is 198 cm³/mol. The Bertz CT molecular complexity index is 2300. The van der Waals surface area contributed by atoms with Crippen LogP contribution < -0.4 is 19.2 Å². The van der Waals surface area contributed by atoms with Crippen LogP contribution in [0.5, 0.6) is 23.0 Å². The topological polar surface area (TPSA) is 83.5 Å². The van der Waals surface area contributed by atoms with Crippen LogP contribution in [0.2, 0.25) is 0 Å². The van der Waals surface area contributed by atoms with E-state index in [1.165, 1.54) is 22.3 Å². The summed E-state index contributed by atoms with van der Waals surface area (Å²) in [5.74, 6) is 2.83. The Labute approximate surface area is 308 Å². The van der Waals surface area contributed by atoms with Crippen molar-refractivity contribution in [2.24, 2.45) is 0 Å². The molecule has 0 aromatic heterocycles. The van der Waals surface area contributed by atoms with Gasteiger partial charge >= 0.3 is 0 Å². The van der Waals surface area contributed by atoms with E-state index in [1.54, 1.807) is 24.3 Å². The molecule has 2 aliphatic heterocycles. The minimum Gasteiger partial charge on any atom is -0.492 e. The molecule has 8 nitrogen and oxygen atoms in total. The van der Waals surface area contributed by atoms with Crippen molar-refractivity contribution in [2.45, 2.75) is 31.5 Å². The van der Waals surface area contributed by atoms with Gasteiger partial charge in [-0.2, -0.15) is 15.0 Å². The zero-order valence-electron chi connectivity index (χ0n) is 28.8. The van der Waals surface area contributed by atoms with E-state index in [0.29, 0.717) is 36.0 Å². The molecule has 0 saturated heterocycles. The monoisotopic (exact) mass is 698 g/mol. The summed E-state index contributed by atoms with van der Waals surface area (Å²) in [5, 5.41) is 8.94. The highest BCUT2D eigenvalue weighted by atomic mass is 17.2. The number of benzene rings is 6. The zero-order valence-corrected chi connectivity index (χ0v) is 28.8. The quantitative estimate of drug-likeness (QED) is 0.0716. The van der Waals surface area contributed by atoms with Gasteiger partial charge in [0.05, 0.1) is 23.6 Å². The zero-order chi connectivity index (χ0) is 36.0. The number of hydrogen-bond acceptors (Lipinski definition) is 7. The van der Waals surface area contributed by atoms with Gasteiger partial charge in [0.25, 0.3) is 0 Å². The number of ether oxygens (including phenoxy) is 2. The van der Waals surface area contributed by atoms with Crippen LogP contribution in [-0.4, -0.2) is 13.2 Å². The maximum atomic E-state index is 8.94. The smallest absolute Gasteiger partial charge is 0.187 e. The van der Waals surface area contributed by atoms with Crippen molar-refractivity contribution >= 4 is 5.69 Å². The van der Waals surface area contributed by atoms with Crippen molar-refractivity contribution in [1.29, 1.82) is 5.26 Å². The first-order valence-electron chi connectivity index (χ1n) is 17.3. The molecule has 1 spiro atoms. The van der Waals surface area contributed by atoms with Crippen molar-refractivity contribution in [3.63, 3.8) is 0 Å². The second kappa shape index (κ2) is 15.0. The van der Waals surface area contributed by atoms with E-state index in [1.807, 2.05) is 66.7 Å². The lowest BCUT2D eigenvalue weighted by molar-refractivity contribution is -0.218. The van der Waals surface area contributed by atoms with Crippen LogP contribution in [-0.2, 0) is 41.2 Å². The molecule has 0 bridgehead atoms. The third kappa shape index (κ3) is 7.42. The van der Waals surface area contributed by atoms with Crippen molar-refractivity contribution in [3.8, 4) is 29.1 Å². The molecule has 2 aliphatic rings. The third-order valence-electron chi connectivity index (χ3n) is 9.65. The van der Waals surface area contributed by atoms with Gasteiger partial charge in [0.2, 0.25) is 0 Å². The minimum atomic E-state index is -0.440. The normalized spacial score (nSPS) is 15.1. The van der Waals surface area contributed by atoms with Gasteiger partial charge in [-0.25, -0.2) is 4.85 Å². The predicted octanol–water partition coefficient (Wildman–Crippen LogP) is 9.38. The number of nitriles is 1. The van der Waals surface area contributed by atoms with Crippen LogP contribution in [0.4, 0.5) is 5.69 Å². The maximum absolute atomic E-state index is 8.94. The molecule has 0 aliphatic carbocycles. The highest BCUT2D eigenvalue weighted by Crippen LogP contribution is 2.51. The lowest BCUT2D eigenvalue weighted by Gasteiger charge is -2.21. The molecule has 53 heavy (non-hydrogen) atoms. The number of nitrogens with zero attached hydrogens (tertiary/aromatic N) is 2. The van der Waals surface area contributed by atoms with E-state index >= 15 is 0 Å². The van der Waals surface area contributed by atoms with Gasteiger partial charge in [0.1, 0.15) is 37.9 Å². The van der Waals surface area contributed by atoms with Gasteiger partial charge in [-0.05, 0) is 94.8 Å². The fourth-order valence-electron chi connectivity index (χ4n) is 6.73. The molecular weight excluding hydrogens is 665 g/mol. The van der Waals surface area contributed by atoms with Gasteiger partial charge in [-0.15, -0.1) is 0 Å². The van der Waals surface area contributed by atoms with Gasteiger partial charge in [0.15, 0.2) is 17.2 Å². The molecular formula is C45H34N2O6. The lowest BCUT2D eigenvalue weighted by atomic mass is 9.77. The Morgan fingerprint density at radius 1 is 0.566 bits per heavy atom. The molecule has 260 valence electrons. The Kier molecular flexibility index (Phi) is 9.47. The number of fused-ring (bicyclic) bond motifs is 4. The van der Waals surface area contributed by atoms with Gasteiger partial charge in [-0.1, -0.05) is 84.9 Å². The Morgan fingerprint density at radius 3 is 1.64 bits per heavy atom. The SMILES string of the molecule is [C-]#[N+]c1ccc(Cc2ccc(Cc3ccc4c(c3)C3(CO4)COc4ccc(OOCc5ccc(OOCc6ccc(C#N)cc6)cc5)cc43)cc2)cc1. The second-order valence-corrected chi connectivity index (χ2v) is 13.2. The highest BCUT2D eigenvalue weighted by molar-refractivity contribution is 5.60. The summed E-state index contributed by atoms with van der Waals surface area (Å²) in [6, 6.07) is 45.4. The van der Waals surface area contributed by atoms with Crippen molar-refractivity contribution in [3.05, 3.63) is 195 Å². The summed E-state index contributed by atoms with van der Waals surface area (Å²) >= 11 is 0.